The van der Waals surface area contributed by atoms with Crippen molar-refractivity contribution in [1.82, 2.24) is 10.2 Å². The van der Waals surface area contributed by atoms with Gasteiger partial charge in [0.2, 0.25) is 5.91 Å². The van der Waals surface area contributed by atoms with Gasteiger partial charge in [0.25, 0.3) is 0 Å². The van der Waals surface area contributed by atoms with Gasteiger partial charge in [-0.2, -0.15) is 0 Å². The lowest BCUT2D eigenvalue weighted by atomic mass is 10.1. The lowest BCUT2D eigenvalue weighted by molar-refractivity contribution is -0.121. The zero-order chi connectivity index (χ0) is 22.6. The van der Waals surface area contributed by atoms with Gasteiger partial charge in [0.05, 0.1) is 7.11 Å². The average Bonchev–Trinajstić information content (AvgIpc) is 3.24. The topological polar surface area (TPSA) is 93.9 Å². The Morgan fingerprint density at radius 2 is 2.06 bits per heavy atom. The number of hydrogen-bond acceptors (Lipinski definition) is 5. The van der Waals surface area contributed by atoms with Gasteiger partial charge in [0, 0.05) is 32.1 Å². The van der Waals surface area contributed by atoms with Gasteiger partial charge in [-0.15, -0.1) is 0 Å². The Morgan fingerprint density at radius 1 is 1.28 bits per heavy atom. The van der Waals surface area contributed by atoms with Crippen molar-refractivity contribution in [3.05, 3.63) is 35.9 Å². The number of rotatable bonds is 11. The van der Waals surface area contributed by atoms with Crippen molar-refractivity contribution in [2.75, 3.05) is 20.2 Å². The molecule has 1 atom stereocenters. The van der Waals surface area contributed by atoms with Crippen molar-refractivity contribution >= 4 is 12.0 Å². The van der Waals surface area contributed by atoms with Crippen LogP contribution in [0.25, 0.3) is 0 Å². The molecule has 1 unspecified atom stereocenters. The molecule has 3 N–H and O–H groups in total. The number of nitrogens with two attached hydrogens (primary N) is 1. The summed E-state index contributed by atoms with van der Waals surface area (Å²) in [5, 5.41) is 2.94. The highest BCUT2D eigenvalue weighted by molar-refractivity contribution is 5.76. The Morgan fingerprint density at radius 3 is 2.75 bits per heavy atom. The Balaban J connectivity index is 0.00000512. The molecule has 7 nitrogen and oxygen atoms in total. The van der Waals surface area contributed by atoms with Crippen LogP contribution in [-0.2, 0) is 11.3 Å². The first-order valence-corrected chi connectivity index (χ1v) is 11.2. The van der Waals surface area contributed by atoms with E-state index in [1.54, 1.807) is 17.0 Å². The number of nitrogens with one attached hydrogen (secondary N) is 1. The van der Waals surface area contributed by atoms with Crippen LogP contribution in [-0.4, -0.2) is 43.1 Å². The third-order valence-corrected chi connectivity index (χ3v) is 5.34. The molecule has 0 spiro atoms. The molecule has 1 aliphatic heterocycles. The number of allylic oxidation sites excluding steroid dienone is 2. The molecule has 180 valence electrons. The maximum Gasteiger partial charge on any atom is 0.415 e. The van der Waals surface area contributed by atoms with Crippen molar-refractivity contribution in [3.63, 3.8) is 0 Å². The molecule has 7 heteroatoms. The van der Waals surface area contributed by atoms with Crippen molar-refractivity contribution in [1.29, 1.82) is 0 Å². The fourth-order valence-electron chi connectivity index (χ4n) is 3.59. The minimum atomic E-state index is -0.407. The molecule has 1 aromatic carbocycles. The number of nitrogens with zero attached hydrogens (tertiary/aromatic N) is 1. The van der Waals surface area contributed by atoms with E-state index >= 15 is 0 Å². The van der Waals surface area contributed by atoms with Gasteiger partial charge in [-0.25, -0.2) is 4.79 Å². The molecular weight excluding hydrogens is 406 g/mol. The molecular formula is C25H41N3O4. The second-order valence-electron chi connectivity index (χ2n) is 8.27. The highest BCUT2D eigenvalue weighted by Gasteiger charge is 2.29. The van der Waals surface area contributed by atoms with Crippen LogP contribution in [0.15, 0.2) is 30.4 Å². The van der Waals surface area contributed by atoms with E-state index in [-0.39, 0.29) is 19.4 Å². The smallest absolute Gasteiger partial charge is 0.415 e. The number of carbonyl (C=O) groups excluding carboxylic acids is 2. The van der Waals surface area contributed by atoms with Gasteiger partial charge in [-0.05, 0) is 55.7 Å². The third-order valence-electron chi connectivity index (χ3n) is 5.34. The van der Waals surface area contributed by atoms with Crippen molar-refractivity contribution < 1.29 is 19.1 Å². The molecule has 1 fully saturated rings. The summed E-state index contributed by atoms with van der Waals surface area (Å²) >= 11 is 0. The molecule has 0 bridgehead atoms. The minimum absolute atomic E-state index is 0. The van der Waals surface area contributed by atoms with Crippen molar-refractivity contribution in [2.45, 2.75) is 72.4 Å². The Kier molecular flexibility index (Phi) is 12.5. The predicted octanol–water partition coefficient (Wildman–Crippen LogP) is 4.64. The molecule has 0 aliphatic carbocycles. The van der Waals surface area contributed by atoms with E-state index in [4.69, 9.17) is 15.2 Å². The van der Waals surface area contributed by atoms with Gasteiger partial charge in [-0.1, -0.05) is 39.5 Å². The summed E-state index contributed by atoms with van der Waals surface area (Å²) < 4.78 is 10.9. The normalized spacial score (nSPS) is 15.7. The van der Waals surface area contributed by atoms with Crippen molar-refractivity contribution in [3.8, 4) is 11.5 Å². The molecule has 0 radical (unpaired) electrons. The van der Waals surface area contributed by atoms with Gasteiger partial charge in [0.1, 0.15) is 0 Å². The van der Waals surface area contributed by atoms with E-state index < -0.39 is 6.09 Å². The third kappa shape index (κ3) is 8.91. The second-order valence-corrected chi connectivity index (χ2v) is 8.27. The van der Waals surface area contributed by atoms with E-state index in [2.05, 4.69) is 31.3 Å². The van der Waals surface area contributed by atoms with Crippen LogP contribution in [0.2, 0.25) is 0 Å². The van der Waals surface area contributed by atoms with Crippen LogP contribution >= 0.6 is 0 Å². The summed E-state index contributed by atoms with van der Waals surface area (Å²) in [6.07, 6.45) is 9.19. The zero-order valence-electron chi connectivity index (χ0n) is 19.1. The number of unbranched alkanes of at least 4 members (excludes halogenated alkanes) is 2. The molecule has 2 amide bonds. The van der Waals surface area contributed by atoms with Crippen LogP contribution in [0.4, 0.5) is 4.79 Å². The predicted molar refractivity (Wildman–Crippen MR) is 129 cm³/mol. The standard InChI is InChI=1S/C24H37N3O4.CH4/c1-18(2)9-6-4-5-7-11-23(28)26-17-19-12-13-21(22(15-19)30-3)31-24(29)27-14-8-10-20(27)16-25;/h6,9,12-13,15,18,20H,4-5,7-8,10-11,14,16-17,25H2,1-3H3,(H,26,28);1H4/b9-6+;. The lowest BCUT2D eigenvalue weighted by Crippen LogP contribution is -2.41. The molecule has 0 saturated carbocycles. The maximum absolute atomic E-state index is 12.5. The summed E-state index contributed by atoms with van der Waals surface area (Å²) in [6.45, 7) is 5.79. The number of amides is 2. The average molecular weight is 448 g/mol. The summed E-state index contributed by atoms with van der Waals surface area (Å²) in [7, 11) is 1.53. The van der Waals surface area contributed by atoms with Crippen LogP contribution in [0.3, 0.4) is 0 Å². The first-order valence-electron chi connectivity index (χ1n) is 11.2. The van der Waals surface area contributed by atoms with Gasteiger partial charge in [-0.3, -0.25) is 4.79 Å². The van der Waals surface area contributed by atoms with E-state index in [0.29, 0.717) is 43.5 Å². The van der Waals surface area contributed by atoms with Crippen LogP contribution in [0.5, 0.6) is 11.5 Å². The summed E-state index contributed by atoms with van der Waals surface area (Å²) in [5.74, 6) is 1.42. The number of benzene rings is 1. The lowest BCUT2D eigenvalue weighted by Gasteiger charge is -2.23. The Labute approximate surface area is 193 Å². The van der Waals surface area contributed by atoms with Crippen molar-refractivity contribution in [2.24, 2.45) is 11.7 Å². The molecule has 0 aromatic heterocycles. The second kappa shape index (κ2) is 14.5. The molecule has 1 aromatic rings. The first-order chi connectivity index (χ1) is 14.9. The van der Waals surface area contributed by atoms with Crippen LogP contribution in [0.1, 0.15) is 65.4 Å². The summed E-state index contributed by atoms with van der Waals surface area (Å²) in [4.78, 5) is 26.2. The maximum atomic E-state index is 12.5. The zero-order valence-corrected chi connectivity index (χ0v) is 19.1. The molecule has 1 saturated heterocycles. The van der Waals surface area contributed by atoms with Gasteiger partial charge >= 0.3 is 6.09 Å². The summed E-state index contributed by atoms with van der Waals surface area (Å²) in [5.41, 5.74) is 6.62. The van der Waals surface area contributed by atoms with E-state index in [9.17, 15) is 9.59 Å². The van der Waals surface area contributed by atoms with Gasteiger partial charge in [0.15, 0.2) is 11.5 Å². The highest BCUT2D eigenvalue weighted by atomic mass is 16.6. The fourth-order valence-corrected chi connectivity index (χ4v) is 3.59. The van der Waals surface area contributed by atoms with Crippen LogP contribution in [0, 0.1) is 5.92 Å². The Bertz CT molecular complexity index is 749. The first kappa shape index (κ1) is 27.5. The van der Waals surface area contributed by atoms with E-state index in [0.717, 1.165) is 37.7 Å². The van der Waals surface area contributed by atoms with E-state index in [1.165, 1.54) is 7.11 Å². The minimum Gasteiger partial charge on any atom is -0.493 e. The number of ether oxygens (including phenoxy) is 2. The number of methoxy groups -OCH3 is 1. The number of likely N-dealkylation sites (tertiary alicyclic amines) is 1. The summed E-state index contributed by atoms with van der Waals surface area (Å²) in [6, 6.07) is 5.34. The van der Waals surface area contributed by atoms with E-state index in [1.807, 2.05) is 6.07 Å². The molecule has 32 heavy (non-hydrogen) atoms. The largest absolute Gasteiger partial charge is 0.493 e. The monoisotopic (exact) mass is 447 g/mol. The number of hydrogen-bond donors (Lipinski definition) is 2. The Hall–Kier alpha value is -2.54. The molecule has 1 heterocycles. The molecule has 2 rings (SSSR count). The van der Waals surface area contributed by atoms with Gasteiger partial charge < -0.3 is 25.4 Å². The fraction of sp³-hybridized carbons (Fsp3) is 0.600. The highest BCUT2D eigenvalue weighted by Crippen LogP contribution is 2.29. The molecule has 1 aliphatic rings. The number of carbonyl (C=O) groups is 2. The quantitative estimate of drug-likeness (QED) is 0.381. The SMILES string of the molecule is C.COc1cc(CNC(=O)CCCC/C=C/C(C)C)ccc1OC(=O)N1CCCC1CN. The van der Waals surface area contributed by atoms with Crippen LogP contribution < -0.4 is 20.5 Å².